The van der Waals surface area contributed by atoms with Crippen LogP contribution < -0.4 is 5.73 Å². The van der Waals surface area contributed by atoms with Crippen molar-refractivity contribution in [2.75, 3.05) is 0 Å². The maximum absolute atomic E-state index is 6.26. The van der Waals surface area contributed by atoms with Crippen LogP contribution in [0.5, 0.6) is 0 Å². The second-order valence-electron chi connectivity index (χ2n) is 4.75. The molecule has 1 atom stereocenters. The minimum atomic E-state index is -0.0100. The molecule has 2 rings (SSSR count). The quantitative estimate of drug-likeness (QED) is 0.878. The van der Waals surface area contributed by atoms with Gasteiger partial charge in [-0.05, 0) is 48.6 Å². The molecule has 1 unspecified atom stereocenters. The van der Waals surface area contributed by atoms with Crippen molar-refractivity contribution in [3.63, 3.8) is 0 Å². The van der Waals surface area contributed by atoms with Gasteiger partial charge >= 0.3 is 0 Å². The molecule has 1 nitrogen and oxygen atoms in total. The van der Waals surface area contributed by atoms with Gasteiger partial charge in [0.25, 0.3) is 0 Å². The Labute approximate surface area is 114 Å². The third-order valence-corrected chi connectivity index (χ3v) is 3.73. The zero-order valence-electron chi connectivity index (χ0n) is 10.8. The first kappa shape index (κ1) is 13.1. The molecule has 2 aromatic carbocycles. The van der Waals surface area contributed by atoms with Crippen molar-refractivity contribution < 1.29 is 0 Å². The second kappa shape index (κ2) is 5.55. The molecule has 0 aliphatic carbocycles. The van der Waals surface area contributed by atoms with Gasteiger partial charge in [-0.3, -0.25) is 0 Å². The molecule has 2 heteroatoms. The maximum Gasteiger partial charge on any atom is 0.0438 e. The summed E-state index contributed by atoms with van der Waals surface area (Å²) in [7, 11) is 0. The summed E-state index contributed by atoms with van der Waals surface area (Å²) in [5, 5.41) is 0.785. The Kier molecular flexibility index (Phi) is 4.05. The van der Waals surface area contributed by atoms with Crippen molar-refractivity contribution in [1.29, 1.82) is 0 Å². The molecule has 0 saturated carbocycles. The van der Waals surface area contributed by atoms with Crippen LogP contribution in [0.1, 0.15) is 28.3 Å². The lowest BCUT2D eigenvalue weighted by atomic mass is 9.96. The van der Waals surface area contributed by atoms with Crippen LogP contribution in [0.3, 0.4) is 0 Å². The van der Waals surface area contributed by atoms with E-state index in [4.69, 9.17) is 17.3 Å². The molecule has 0 aliphatic rings. The number of aryl methyl sites for hydroxylation is 2. The fourth-order valence-electron chi connectivity index (χ4n) is 2.03. The lowest BCUT2D eigenvalue weighted by Crippen LogP contribution is -2.14. The van der Waals surface area contributed by atoms with Crippen molar-refractivity contribution in [2.45, 2.75) is 26.3 Å². The van der Waals surface area contributed by atoms with Gasteiger partial charge < -0.3 is 5.73 Å². The Morgan fingerprint density at radius 3 is 2.44 bits per heavy atom. The SMILES string of the molecule is Cc1ccc(C(N)Cc2ccccc2C)cc1Cl. The van der Waals surface area contributed by atoms with Gasteiger partial charge in [-0.15, -0.1) is 0 Å². The van der Waals surface area contributed by atoms with Crippen LogP contribution in [0.2, 0.25) is 5.02 Å². The highest BCUT2D eigenvalue weighted by atomic mass is 35.5. The van der Waals surface area contributed by atoms with E-state index < -0.39 is 0 Å². The van der Waals surface area contributed by atoms with Gasteiger partial charge in [0.1, 0.15) is 0 Å². The monoisotopic (exact) mass is 259 g/mol. The highest BCUT2D eigenvalue weighted by molar-refractivity contribution is 6.31. The number of halogens is 1. The first-order chi connectivity index (χ1) is 8.58. The highest BCUT2D eigenvalue weighted by Gasteiger charge is 2.09. The van der Waals surface area contributed by atoms with E-state index >= 15 is 0 Å². The molecular weight excluding hydrogens is 242 g/mol. The highest BCUT2D eigenvalue weighted by Crippen LogP contribution is 2.23. The number of rotatable bonds is 3. The minimum absolute atomic E-state index is 0.0100. The molecule has 94 valence electrons. The molecule has 0 bridgehead atoms. The first-order valence-electron chi connectivity index (χ1n) is 6.14. The van der Waals surface area contributed by atoms with Gasteiger partial charge in [-0.1, -0.05) is 48.0 Å². The van der Waals surface area contributed by atoms with E-state index in [1.807, 2.05) is 25.1 Å². The normalized spacial score (nSPS) is 12.4. The Balaban J connectivity index is 2.19. The van der Waals surface area contributed by atoms with E-state index in [9.17, 15) is 0 Å². The molecule has 0 heterocycles. The summed E-state index contributed by atoms with van der Waals surface area (Å²) in [6.07, 6.45) is 0.839. The van der Waals surface area contributed by atoms with Crippen molar-refractivity contribution in [3.8, 4) is 0 Å². The van der Waals surface area contributed by atoms with Crippen LogP contribution in [-0.4, -0.2) is 0 Å². The first-order valence-corrected chi connectivity index (χ1v) is 6.52. The molecule has 18 heavy (non-hydrogen) atoms. The van der Waals surface area contributed by atoms with Crippen molar-refractivity contribution in [2.24, 2.45) is 5.73 Å². The topological polar surface area (TPSA) is 26.0 Å². The predicted molar refractivity (Wildman–Crippen MR) is 78.0 cm³/mol. The third-order valence-electron chi connectivity index (χ3n) is 3.33. The molecule has 0 fully saturated rings. The van der Waals surface area contributed by atoms with E-state index in [2.05, 4.69) is 31.2 Å². The zero-order valence-corrected chi connectivity index (χ0v) is 11.5. The van der Waals surface area contributed by atoms with Gasteiger partial charge in [0.2, 0.25) is 0 Å². The Hall–Kier alpha value is -1.31. The fourth-order valence-corrected chi connectivity index (χ4v) is 2.22. The Morgan fingerprint density at radius 2 is 1.78 bits per heavy atom. The smallest absolute Gasteiger partial charge is 0.0438 e. The lowest BCUT2D eigenvalue weighted by Gasteiger charge is -2.14. The van der Waals surface area contributed by atoms with Crippen molar-refractivity contribution in [3.05, 3.63) is 69.7 Å². The van der Waals surface area contributed by atoms with E-state index in [1.54, 1.807) is 0 Å². The summed E-state index contributed by atoms with van der Waals surface area (Å²) in [5.41, 5.74) is 11.0. The molecule has 0 spiro atoms. The minimum Gasteiger partial charge on any atom is -0.324 e. The summed E-state index contributed by atoms with van der Waals surface area (Å²) >= 11 is 6.14. The lowest BCUT2D eigenvalue weighted by molar-refractivity contribution is 0.718. The summed E-state index contributed by atoms with van der Waals surface area (Å²) in [6.45, 7) is 4.11. The number of hydrogen-bond donors (Lipinski definition) is 1. The van der Waals surface area contributed by atoms with Gasteiger partial charge in [0, 0.05) is 11.1 Å². The van der Waals surface area contributed by atoms with Crippen LogP contribution in [0.15, 0.2) is 42.5 Å². The average molecular weight is 260 g/mol. The molecular formula is C16H18ClN. The van der Waals surface area contributed by atoms with E-state index in [0.29, 0.717) is 0 Å². The molecule has 0 radical (unpaired) electrons. The number of benzene rings is 2. The largest absolute Gasteiger partial charge is 0.324 e. The zero-order chi connectivity index (χ0) is 13.1. The van der Waals surface area contributed by atoms with Gasteiger partial charge in [-0.25, -0.2) is 0 Å². The summed E-state index contributed by atoms with van der Waals surface area (Å²) in [6, 6.07) is 14.4. The molecule has 2 aromatic rings. The molecule has 0 aromatic heterocycles. The second-order valence-corrected chi connectivity index (χ2v) is 5.15. The van der Waals surface area contributed by atoms with Crippen molar-refractivity contribution >= 4 is 11.6 Å². The van der Waals surface area contributed by atoms with Crippen LogP contribution in [0.25, 0.3) is 0 Å². The molecule has 0 saturated heterocycles. The molecule has 0 amide bonds. The van der Waals surface area contributed by atoms with E-state index in [0.717, 1.165) is 22.6 Å². The van der Waals surface area contributed by atoms with Gasteiger partial charge in [0.05, 0.1) is 0 Å². The van der Waals surface area contributed by atoms with E-state index in [1.165, 1.54) is 11.1 Å². The Morgan fingerprint density at radius 1 is 1.06 bits per heavy atom. The van der Waals surface area contributed by atoms with Crippen molar-refractivity contribution in [1.82, 2.24) is 0 Å². The van der Waals surface area contributed by atoms with Crippen LogP contribution in [0, 0.1) is 13.8 Å². The van der Waals surface area contributed by atoms with Crippen LogP contribution in [-0.2, 0) is 6.42 Å². The van der Waals surface area contributed by atoms with Crippen LogP contribution in [0.4, 0.5) is 0 Å². The van der Waals surface area contributed by atoms with E-state index in [-0.39, 0.29) is 6.04 Å². The number of nitrogens with two attached hydrogens (primary N) is 1. The Bertz CT molecular complexity index is 549. The molecule has 0 aliphatic heterocycles. The summed E-state index contributed by atoms with van der Waals surface area (Å²) in [4.78, 5) is 0. The average Bonchev–Trinajstić information content (AvgIpc) is 2.35. The maximum atomic E-state index is 6.26. The molecule has 2 N–H and O–H groups in total. The number of hydrogen-bond acceptors (Lipinski definition) is 1. The van der Waals surface area contributed by atoms with Gasteiger partial charge in [-0.2, -0.15) is 0 Å². The third kappa shape index (κ3) is 2.92. The predicted octanol–water partition coefficient (Wildman–Crippen LogP) is 4.20. The standard InChI is InChI=1S/C16H18ClN/c1-11-5-3-4-6-13(11)10-16(18)14-8-7-12(2)15(17)9-14/h3-9,16H,10,18H2,1-2H3. The fraction of sp³-hybridized carbons (Fsp3) is 0.250. The summed E-state index contributed by atoms with van der Waals surface area (Å²) < 4.78 is 0. The van der Waals surface area contributed by atoms with Gasteiger partial charge in [0.15, 0.2) is 0 Å². The van der Waals surface area contributed by atoms with Crippen LogP contribution >= 0.6 is 11.6 Å². The summed E-state index contributed by atoms with van der Waals surface area (Å²) in [5.74, 6) is 0.